The Bertz CT molecular complexity index is 2630. The van der Waals surface area contributed by atoms with E-state index in [1.165, 1.54) is 26.4 Å². The van der Waals surface area contributed by atoms with Crippen LogP contribution < -0.4 is 71.2 Å². The summed E-state index contributed by atoms with van der Waals surface area (Å²) < 4.78 is 0. The number of carbonyl (C=O) groups excluding carboxylic acids is 9. The van der Waals surface area contributed by atoms with Gasteiger partial charge in [0.1, 0.15) is 36.3 Å². The van der Waals surface area contributed by atoms with Crippen LogP contribution in [0.25, 0.3) is 10.9 Å². The molecule has 0 bridgehead atoms. The molecule has 1 aliphatic heterocycles. The third-order valence-corrected chi connectivity index (χ3v) is 11.5. The number of rotatable bonds is 14. The highest BCUT2D eigenvalue weighted by Crippen LogP contribution is 2.20. The summed E-state index contributed by atoms with van der Waals surface area (Å²) in [7, 11) is 0. The number of aliphatic imine (C=N–C) groups is 2. The van der Waals surface area contributed by atoms with Gasteiger partial charge >= 0.3 is 0 Å². The number of guanidine groups is 2. The molecule has 0 aliphatic carbocycles. The van der Waals surface area contributed by atoms with Gasteiger partial charge in [0.15, 0.2) is 11.9 Å². The first-order valence-corrected chi connectivity index (χ1v) is 25.5. The van der Waals surface area contributed by atoms with E-state index in [0.717, 1.165) is 36.8 Å². The number of H-pyrrole nitrogens is 2. The second-order valence-electron chi connectivity index (χ2n) is 18.1. The minimum Gasteiger partial charge on any atom is -0.370 e. The van der Waals surface area contributed by atoms with Crippen LogP contribution in [0.1, 0.15) is 83.0 Å². The highest BCUT2D eigenvalue weighted by Gasteiger charge is 2.34. The minimum atomic E-state index is -1.53. The van der Waals surface area contributed by atoms with Crippen molar-refractivity contribution in [2.24, 2.45) is 38.7 Å². The Kier molecular flexibility index (Phi) is 27.4. The first-order valence-electron chi connectivity index (χ1n) is 25.5. The number of nitrogens with two attached hydrogens (primary N) is 5. The van der Waals surface area contributed by atoms with Gasteiger partial charge in [-0.2, -0.15) is 0 Å². The smallest absolute Gasteiger partial charge is 0.243 e. The molecule has 6 atom stereocenters. The summed E-state index contributed by atoms with van der Waals surface area (Å²) in [5.41, 5.74) is 28.3. The maximum Gasteiger partial charge on any atom is 0.243 e. The fourth-order valence-corrected chi connectivity index (χ4v) is 7.49. The first kappa shape index (κ1) is 63.3. The molecule has 27 heteroatoms. The summed E-state index contributed by atoms with van der Waals surface area (Å²) in [5.74, 6) is -6.44. The van der Waals surface area contributed by atoms with Crippen LogP contribution in [0.15, 0.2) is 83.3 Å². The maximum atomic E-state index is 14.2. The van der Waals surface area contributed by atoms with Gasteiger partial charge < -0.3 is 81.2 Å². The van der Waals surface area contributed by atoms with Crippen LogP contribution in [-0.4, -0.2) is 142 Å². The molecule has 2 aromatic heterocycles. The van der Waals surface area contributed by atoms with Crippen molar-refractivity contribution in [3.8, 4) is 0 Å². The number of para-hydroxylation sites is 1. The van der Waals surface area contributed by atoms with Crippen molar-refractivity contribution in [3.63, 3.8) is 0 Å². The topological polar surface area (TPSA) is 449 Å². The number of hydrogen-bond donors (Lipinski definition) is 15. The van der Waals surface area contributed by atoms with E-state index in [1.807, 2.05) is 38.1 Å². The second-order valence-corrected chi connectivity index (χ2v) is 18.1. The Balaban J connectivity index is 0.00000101. The maximum absolute atomic E-state index is 14.2. The summed E-state index contributed by atoms with van der Waals surface area (Å²) in [6, 6.07) is 8.15. The number of amides is 9. The number of aromatic amines is 2. The molecule has 2 aromatic carbocycles. The van der Waals surface area contributed by atoms with E-state index in [2.05, 4.69) is 67.5 Å². The number of fused-ring (bicyclic) bond motifs is 1. The lowest BCUT2D eigenvalue weighted by molar-refractivity contribution is -0.135. The van der Waals surface area contributed by atoms with E-state index < -0.39 is 102 Å². The zero-order valence-electron chi connectivity index (χ0n) is 44.5. The molecule has 9 amide bonds. The number of primary amides is 1. The van der Waals surface area contributed by atoms with Gasteiger partial charge in [0.05, 0.1) is 19.3 Å². The number of aromatic nitrogens is 3. The van der Waals surface area contributed by atoms with Crippen molar-refractivity contribution < 1.29 is 43.2 Å². The predicted octanol–water partition coefficient (Wildman–Crippen LogP) is -2.50. The third-order valence-electron chi connectivity index (χ3n) is 11.5. The summed E-state index contributed by atoms with van der Waals surface area (Å²) in [4.78, 5) is 138. The number of nitrogens with zero attached hydrogens (tertiary/aromatic N) is 3. The molecule has 1 saturated heterocycles. The fraction of sp³-hybridized carbons (Fsp3) is 0.451. The lowest BCUT2D eigenvalue weighted by Gasteiger charge is -2.26. The molecule has 0 saturated carbocycles. The number of hydrogen-bond acceptors (Lipinski definition) is 12. The molecule has 424 valence electrons. The van der Waals surface area contributed by atoms with Crippen LogP contribution in [0.3, 0.4) is 0 Å². The summed E-state index contributed by atoms with van der Waals surface area (Å²) >= 11 is 0. The van der Waals surface area contributed by atoms with Gasteiger partial charge in [-0.15, -0.1) is 0 Å². The molecule has 4 aromatic rings. The quantitative estimate of drug-likeness (QED) is 0.0459. The molecule has 1 fully saturated rings. The van der Waals surface area contributed by atoms with Crippen LogP contribution in [0, 0.1) is 0 Å². The van der Waals surface area contributed by atoms with E-state index >= 15 is 0 Å². The number of imidazole rings is 1. The second kappa shape index (κ2) is 33.8. The predicted molar refractivity (Wildman–Crippen MR) is 293 cm³/mol. The van der Waals surface area contributed by atoms with E-state index in [-0.39, 0.29) is 44.1 Å². The molecule has 20 N–H and O–H groups in total. The van der Waals surface area contributed by atoms with Crippen molar-refractivity contribution in [1.29, 1.82) is 0 Å². The first-order chi connectivity index (χ1) is 37.2. The zero-order chi connectivity index (χ0) is 57.6. The van der Waals surface area contributed by atoms with Crippen molar-refractivity contribution in [2.45, 2.75) is 122 Å². The molecule has 0 spiro atoms. The van der Waals surface area contributed by atoms with Crippen molar-refractivity contribution >= 4 is 76.0 Å². The summed E-state index contributed by atoms with van der Waals surface area (Å²) in [6.07, 6.45) is 6.36. The average Bonchev–Trinajstić information content (AvgIpc) is 4.08. The number of carbonyl (C=O) groups is 9. The van der Waals surface area contributed by atoms with E-state index in [9.17, 15) is 43.2 Å². The van der Waals surface area contributed by atoms with E-state index in [1.54, 1.807) is 36.5 Å². The minimum absolute atomic E-state index is 0.00934. The molecule has 5 rings (SSSR count). The van der Waals surface area contributed by atoms with E-state index in [0.29, 0.717) is 29.7 Å². The van der Waals surface area contributed by atoms with Gasteiger partial charge in [-0.3, -0.25) is 53.1 Å². The van der Waals surface area contributed by atoms with Crippen molar-refractivity contribution in [1.82, 2.24) is 57.5 Å². The van der Waals surface area contributed by atoms with Gasteiger partial charge in [-0.1, -0.05) is 62.4 Å². The Morgan fingerprint density at radius 2 is 1.28 bits per heavy atom. The van der Waals surface area contributed by atoms with Crippen molar-refractivity contribution in [3.05, 3.63) is 90.1 Å². The van der Waals surface area contributed by atoms with Gasteiger partial charge in [-0.05, 0) is 56.2 Å². The van der Waals surface area contributed by atoms with Crippen LogP contribution in [0.2, 0.25) is 0 Å². The lowest BCUT2D eigenvalue weighted by Crippen LogP contribution is -2.60. The standard InChI is InChI=1S/C43H54N12O9.2C4H11N3/c1-24-39(60)53-33(17-27-20-48-30-13-7-6-12-29(27)30)41(62)52-31(38(44)59)14-8-9-15-46-36(57)19-35(51-37(58)22-47-25(2)56)43(64)55-34(18-28-21-45-23-49-28)42(63)54-32(40(61)50-24)16-26-10-4-3-5-11-26;2*1-2-3-7-4(5)6/h3-7,10-13,20-21,23-24,31-35,48H,8-9,14-19,22H2,1-2H3,(H2,44,59)(H,45,49)(H,46,57)(H,47,56)(H,50,61)(H,51,58)(H,52,62)(H,53,60)(H,54,63)(H,55,64);2*2-3H2,1H3,(H4,5,6,7)/t24?,31?,32?,33-,34?,35?;;/m0../s1. The van der Waals surface area contributed by atoms with Crippen LogP contribution >= 0.6 is 0 Å². The molecular formula is C51H76N18O9. The molecule has 27 nitrogen and oxygen atoms in total. The van der Waals surface area contributed by atoms with Gasteiger partial charge in [-0.25, -0.2) is 4.98 Å². The van der Waals surface area contributed by atoms with E-state index in [4.69, 9.17) is 28.7 Å². The van der Waals surface area contributed by atoms with Crippen LogP contribution in [-0.2, 0) is 62.4 Å². The number of benzene rings is 2. The van der Waals surface area contributed by atoms with Gasteiger partial charge in [0.2, 0.25) is 53.2 Å². The molecule has 5 unspecified atom stereocenters. The highest BCUT2D eigenvalue weighted by atomic mass is 16.2. The van der Waals surface area contributed by atoms with Crippen LogP contribution in [0.4, 0.5) is 0 Å². The van der Waals surface area contributed by atoms with Gasteiger partial charge in [0.25, 0.3) is 0 Å². The molecule has 78 heavy (non-hydrogen) atoms. The van der Waals surface area contributed by atoms with Crippen molar-refractivity contribution in [2.75, 3.05) is 26.2 Å². The Labute approximate surface area is 452 Å². The Morgan fingerprint density at radius 1 is 0.692 bits per heavy atom. The molecule has 3 heterocycles. The normalized spacial score (nSPS) is 19.8. The number of nitrogens with one attached hydrogen (secondary N) is 10. The third kappa shape index (κ3) is 23.7. The summed E-state index contributed by atoms with van der Waals surface area (Å²) in [5, 5.41) is 21.5. The SMILES string of the molecule is CC(=O)NCC(=O)NC1CC(=O)NCCCCC(C(N)=O)NC(=O)[C@H](Cc2c[nH]c3ccccc23)NC(=O)C(C)NC(=O)C(Cc2ccccc2)NC(=O)C(Cc2cnc[nH]2)NC1=O.CCCN=C(N)N.CCCN=C(N)N. The Hall–Kier alpha value is -9.04. The zero-order valence-corrected chi connectivity index (χ0v) is 44.5. The van der Waals surface area contributed by atoms with Gasteiger partial charge in [0, 0.05) is 74.8 Å². The molecule has 1 aliphatic rings. The highest BCUT2D eigenvalue weighted by molar-refractivity contribution is 5.98. The summed E-state index contributed by atoms with van der Waals surface area (Å²) in [6.45, 7) is 7.68. The lowest BCUT2D eigenvalue weighted by atomic mass is 10.0. The fourth-order valence-electron chi connectivity index (χ4n) is 7.49. The average molecular weight is 1090 g/mol. The largest absolute Gasteiger partial charge is 0.370 e. The molecule has 0 radical (unpaired) electrons. The monoisotopic (exact) mass is 1080 g/mol. The molecular weight excluding hydrogens is 1010 g/mol. The Morgan fingerprint density at radius 3 is 1.88 bits per heavy atom. The van der Waals surface area contributed by atoms with Crippen LogP contribution in [0.5, 0.6) is 0 Å².